The van der Waals surface area contributed by atoms with Gasteiger partial charge in [0.15, 0.2) is 0 Å². The second-order valence-corrected chi connectivity index (χ2v) is 7.88. The largest absolute Gasteiger partial charge is 0.247 e. The molecule has 2 N–H and O–H groups in total. The van der Waals surface area contributed by atoms with Gasteiger partial charge in [-0.05, 0) is 52.2 Å². The summed E-state index contributed by atoms with van der Waals surface area (Å²) in [6, 6.07) is 6.98. The first-order chi connectivity index (χ1) is 8.29. The number of primary sulfonamides is 1. The quantitative estimate of drug-likeness (QED) is 0.879. The molecule has 96 valence electrons. The van der Waals surface area contributed by atoms with Gasteiger partial charge in [0.05, 0.1) is 4.88 Å². The Bertz CT molecular complexity index is 710. The Morgan fingerprint density at radius 3 is 2.50 bits per heavy atom. The lowest BCUT2D eigenvalue weighted by molar-refractivity contribution is 0.600. The van der Waals surface area contributed by atoms with Crippen LogP contribution in [0.15, 0.2) is 32.9 Å². The molecular weight excluding hydrogens is 358 g/mol. The lowest BCUT2D eigenvalue weighted by Crippen LogP contribution is -2.09. The summed E-state index contributed by atoms with van der Waals surface area (Å²) in [5, 5.41) is 5.77. The van der Waals surface area contributed by atoms with Crippen molar-refractivity contribution in [2.45, 2.75) is 11.1 Å². The molecule has 0 bridgehead atoms. The third-order valence-corrected chi connectivity index (χ3v) is 6.09. The molecule has 0 aliphatic rings. The first-order valence-electron chi connectivity index (χ1n) is 4.87. The molecule has 0 saturated carbocycles. The van der Waals surface area contributed by atoms with Crippen LogP contribution in [0, 0.1) is 6.92 Å². The first kappa shape index (κ1) is 14.0. The van der Waals surface area contributed by atoms with Gasteiger partial charge in [-0.2, -0.15) is 0 Å². The number of benzene rings is 1. The van der Waals surface area contributed by atoms with Gasteiger partial charge in [-0.15, -0.1) is 11.3 Å². The highest BCUT2D eigenvalue weighted by Crippen LogP contribution is 2.39. The van der Waals surface area contributed by atoms with Gasteiger partial charge in [0.2, 0.25) is 10.0 Å². The van der Waals surface area contributed by atoms with Crippen LogP contribution < -0.4 is 5.14 Å². The van der Waals surface area contributed by atoms with Crippen molar-refractivity contribution in [2.75, 3.05) is 0 Å². The average Bonchev–Trinajstić information content (AvgIpc) is 2.60. The van der Waals surface area contributed by atoms with E-state index in [1.54, 1.807) is 6.07 Å². The average molecular weight is 367 g/mol. The maximum atomic E-state index is 11.3. The fourth-order valence-electron chi connectivity index (χ4n) is 1.55. The van der Waals surface area contributed by atoms with Crippen molar-refractivity contribution in [3.05, 3.63) is 39.3 Å². The van der Waals surface area contributed by atoms with E-state index in [0.29, 0.717) is 9.50 Å². The van der Waals surface area contributed by atoms with Gasteiger partial charge in [0, 0.05) is 9.50 Å². The van der Waals surface area contributed by atoms with E-state index in [0.717, 1.165) is 27.3 Å². The predicted molar refractivity (Wildman–Crippen MR) is 78.6 cm³/mol. The third kappa shape index (κ3) is 2.78. The maximum Gasteiger partial charge on any atom is 0.247 e. The van der Waals surface area contributed by atoms with Crippen LogP contribution in [0.2, 0.25) is 5.02 Å². The van der Waals surface area contributed by atoms with E-state index < -0.39 is 10.0 Å². The standard InChI is InChI=1S/C11H9BrClNO2S2/c1-6-4-7(13)2-3-8(6)11-9(12)5-10(17-11)18(14,15)16/h2-5H,1H3,(H2,14,15,16). The van der Waals surface area contributed by atoms with Crippen LogP contribution in [0.5, 0.6) is 0 Å². The van der Waals surface area contributed by atoms with E-state index in [2.05, 4.69) is 15.9 Å². The van der Waals surface area contributed by atoms with Crippen molar-refractivity contribution in [1.29, 1.82) is 0 Å². The fourth-order valence-corrected chi connectivity index (χ4v) is 4.64. The van der Waals surface area contributed by atoms with Gasteiger partial charge in [0.25, 0.3) is 0 Å². The molecule has 2 rings (SSSR count). The fraction of sp³-hybridized carbons (Fsp3) is 0.0909. The van der Waals surface area contributed by atoms with E-state index in [4.69, 9.17) is 16.7 Å². The van der Waals surface area contributed by atoms with Crippen LogP contribution >= 0.6 is 38.9 Å². The zero-order valence-corrected chi connectivity index (χ0v) is 13.3. The minimum absolute atomic E-state index is 0.138. The van der Waals surface area contributed by atoms with Gasteiger partial charge in [0.1, 0.15) is 4.21 Å². The molecule has 0 amide bonds. The van der Waals surface area contributed by atoms with E-state index in [-0.39, 0.29) is 4.21 Å². The van der Waals surface area contributed by atoms with E-state index >= 15 is 0 Å². The number of nitrogens with two attached hydrogens (primary N) is 1. The molecule has 3 nitrogen and oxygen atoms in total. The van der Waals surface area contributed by atoms with Crippen LogP contribution in [0.4, 0.5) is 0 Å². The summed E-state index contributed by atoms with van der Waals surface area (Å²) in [4.78, 5) is 0.827. The number of hydrogen-bond acceptors (Lipinski definition) is 3. The molecule has 0 saturated heterocycles. The highest BCUT2D eigenvalue weighted by Gasteiger charge is 2.17. The van der Waals surface area contributed by atoms with Crippen LogP contribution in [0.25, 0.3) is 10.4 Å². The van der Waals surface area contributed by atoms with Gasteiger partial charge >= 0.3 is 0 Å². The molecule has 0 aliphatic heterocycles. The summed E-state index contributed by atoms with van der Waals surface area (Å²) in [5.74, 6) is 0. The highest BCUT2D eigenvalue weighted by atomic mass is 79.9. The zero-order valence-electron chi connectivity index (χ0n) is 9.28. The first-order valence-corrected chi connectivity index (χ1v) is 8.41. The Balaban J connectivity index is 2.62. The zero-order chi connectivity index (χ0) is 13.5. The number of thiophene rings is 1. The summed E-state index contributed by atoms with van der Waals surface area (Å²) in [7, 11) is -3.67. The molecular formula is C11H9BrClNO2S2. The van der Waals surface area contributed by atoms with Crippen molar-refractivity contribution in [2.24, 2.45) is 5.14 Å². The van der Waals surface area contributed by atoms with E-state index in [1.165, 1.54) is 6.07 Å². The minimum Gasteiger partial charge on any atom is -0.224 e. The number of halogens is 2. The Labute approximate surface area is 123 Å². The smallest absolute Gasteiger partial charge is 0.224 e. The third-order valence-electron chi connectivity index (χ3n) is 2.38. The van der Waals surface area contributed by atoms with Gasteiger partial charge in [-0.3, -0.25) is 0 Å². The van der Waals surface area contributed by atoms with Gasteiger partial charge in [-0.1, -0.05) is 17.7 Å². The number of hydrogen-bond donors (Lipinski definition) is 1. The Morgan fingerprint density at radius 1 is 1.33 bits per heavy atom. The minimum atomic E-state index is -3.67. The Morgan fingerprint density at radius 2 is 2.00 bits per heavy atom. The SMILES string of the molecule is Cc1cc(Cl)ccc1-c1sc(S(N)(=O)=O)cc1Br. The lowest BCUT2D eigenvalue weighted by Gasteiger charge is -2.04. The second kappa shape index (κ2) is 4.94. The van der Waals surface area contributed by atoms with Crippen molar-refractivity contribution in [3.63, 3.8) is 0 Å². The molecule has 2 aromatic rings. The van der Waals surface area contributed by atoms with Crippen LogP contribution in [0.3, 0.4) is 0 Å². The second-order valence-electron chi connectivity index (χ2n) is 3.75. The molecule has 1 aromatic carbocycles. The van der Waals surface area contributed by atoms with Crippen molar-refractivity contribution in [3.8, 4) is 10.4 Å². The molecule has 0 unspecified atom stereocenters. The number of sulfonamides is 1. The van der Waals surface area contributed by atoms with Gasteiger partial charge < -0.3 is 0 Å². The van der Waals surface area contributed by atoms with E-state index in [9.17, 15) is 8.42 Å². The summed E-state index contributed by atoms with van der Waals surface area (Å²) >= 11 is 10.4. The molecule has 18 heavy (non-hydrogen) atoms. The molecule has 0 fully saturated rings. The summed E-state index contributed by atoms with van der Waals surface area (Å²) < 4.78 is 23.5. The normalized spacial score (nSPS) is 11.8. The van der Waals surface area contributed by atoms with Crippen LogP contribution in [-0.4, -0.2) is 8.42 Å². The van der Waals surface area contributed by atoms with Crippen molar-refractivity contribution >= 4 is 48.9 Å². The van der Waals surface area contributed by atoms with Crippen molar-refractivity contribution in [1.82, 2.24) is 0 Å². The molecule has 0 atom stereocenters. The molecule has 1 aromatic heterocycles. The molecule has 0 aliphatic carbocycles. The van der Waals surface area contributed by atoms with Crippen LogP contribution in [0.1, 0.15) is 5.56 Å². The molecule has 0 radical (unpaired) electrons. The summed E-state index contributed by atoms with van der Waals surface area (Å²) in [6.07, 6.45) is 0. The number of rotatable bonds is 2. The Kier molecular flexibility index (Phi) is 3.85. The lowest BCUT2D eigenvalue weighted by atomic mass is 10.1. The van der Waals surface area contributed by atoms with Crippen LogP contribution in [-0.2, 0) is 10.0 Å². The summed E-state index contributed by atoms with van der Waals surface area (Å²) in [6.45, 7) is 1.92. The molecule has 0 spiro atoms. The maximum absolute atomic E-state index is 11.3. The molecule has 7 heteroatoms. The summed E-state index contributed by atoms with van der Waals surface area (Å²) in [5.41, 5.74) is 1.91. The van der Waals surface area contributed by atoms with Crippen molar-refractivity contribution < 1.29 is 8.42 Å². The van der Waals surface area contributed by atoms with E-state index in [1.807, 2.05) is 19.1 Å². The predicted octanol–water partition coefficient (Wildman–Crippen LogP) is 3.79. The van der Waals surface area contributed by atoms with Gasteiger partial charge in [-0.25, -0.2) is 13.6 Å². The monoisotopic (exact) mass is 365 g/mol. The highest BCUT2D eigenvalue weighted by molar-refractivity contribution is 9.10. The topological polar surface area (TPSA) is 60.2 Å². The number of aryl methyl sites for hydroxylation is 1. The molecule has 1 heterocycles. The Hall–Kier alpha value is -0.400.